The number of carbonyl (C=O) groups is 2. The third-order valence-corrected chi connectivity index (χ3v) is 4.96. The number of para-hydroxylation sites is 1. The zero-order chi connectivity index (χ0) is 15.0. The molecule has 1 aromatic rings. The zero-order valence-electron chi connectivity index (χ0n) is 11.5. The molecule has 0 bridgehead atoms. The van der Waals surface area contributed by atoms with E-state index in [1.807, 2.05) is 31.2 Å². The maximum Gasteiger partial charge on any atom is 0.327 e. The van der Waals surface area contributed by atoms with Crippen LogP contribution in [0.1, 0.15) is 18.5 Å². The second kappa shape index (κ2) is 5.48. The van der Waals surface area contributed by atoms with E-state index >= 15 is 0 Å². The third kappa shape index (κ3) is 2.53. The van der Waals surface area contributed by atoms with E-state index in [0.717, 1.165) is 11.3 Å². The van der Waals surface area contributed by atoms with Gasteiger partial charge in [-0.05, 0) is 13.0 Å². The summed E-state index contributed by atoms with van der Waals surface area (Å²) in [7, 11) is 0. The lowest BCUT2D eigenvalue weighted by Gasteiger charge is -2.26. The standard InChI is InChI=1S/C14H16N2O4S/c1-8-16(11(7-21-8)13(17)18)14(19)15-10-6-20-12-5-3-2-4-9(10)12/h2-5,8,10-11H,6-7H2,1H3,(H,15,19)(H,17,18). The van der Waals surface area contributed by atoms with Crippen LogP contribution in [0.3, 0.4) is 0 Å². The number of nitrogens with one attached hydrogen (secondary N) is 1. The van der Waals surface area contributed by atoms with Gasteiger partial charge in [0.25, 0.3) is 0 Å². The first-order chi connectivity index (χ1) is 10.1. The first-order valence-corrected chi connectivity index (χ1v) is 7.78. The number of nitrogens with zero attached hydrogens (tertiary/aromatic N) is 1. The van der Waals surface area contributed by atoms with Gasteiger partial charge in [0, 0.05) is 11.3 Å². The monoisotopic (exact) mass is 308 g/mol. The molecule has 0 spiro atoms. The van der Waals surface area contributed by atoms with Crippen LogP contribution in [0.25, 0.3) is 0 Å². The molecule has 1 aromatic carbocycles. The van der Waals surface area contributed by atoms with Gasteiger partial charge in [-0.2, -0.15) is 0 Å². The van der Waals surface area contributed by atoms with Crippen molar-refractivity contribution >= 4 is 23.8 Å². The third-order valence-electron chi connectivity index (χ3n) is 3.74. The molecule has 1 fully saturated rings. The van der Waals surface area contributed by atoms with Gasteiger partial charge in [0.1, 0.15) is 18.4 Å². The van der Waals surface area contributed by atoms with Gasteiger partial charge in [0.2, 0.25) is 0 Å². The van der Waals surface area contributed by atoms with Gasteiger partial charge in [-0.25, -0.2) is 9.59 Å². The number of fused-ring (bicyclic) bond motifs is 1. The fraction of sp³-hybridized carbons (Fsp3) is 0.429. The Morgan fingerprint density at radius 2 is 2.19 bits per heavy atom. The van der Waals surface area contributed by atoms with E-state index in [1.165, 1.54) is 16.7 Å². The molecule has 21 heavy (non-hydrogen) atoms. The summed E-state index contributed by atoms with van der Waals surface area (Å²) in [5.41, 5.74) is 0.928. The average Bonchev–Trinajstić information content (AvgIpc) is 3.03. The van der Waals surface area contributed by atoms with Crippen LogP contribution in [-0.4, -0.2) is 45.8 Å². The number of rotatable bonds is 2. The summed E-state index contributed by atoms with van der Waals surface area (Å²) in [5.74, 6) is 0.216. The summed E-state index contributed by atoms with van der Waals surface area (Å²) >= 11 is 1.47. The fourth-order valence-corrected chi connectivity index (χ4v) is 3.81. The summed E-state index contributed by atoms with van der Waals surface area (Å²) in [6.07, 6.45) is 0. The van der Waals surface area contributed by atoms with E-state index in [0.29, 0.717) is 12.4 Å². The summed E-state index contributed by atoms with van der Waals surface area (Å²) in [6.45, 7) is 2.21. The normalized spacial score (nSPS) is 27.1. The molecule has 2 N–H and O–H groups in total. The molecule has 0 aromatic heterocycles. The Hall–Kier alpha value is -1.89. The van der Waals surface area contributed by atoms with E-state index in [1.54, 1.807) is 0 Å². The molecule has 2 aliphatic rings. The SMILES string of the molecule is CC1SCC(C(=O)O)N1C(=O)NC1COc2ccccc21. The molecule has 112 valence electrons. The predicted molar refractivity (Wildman–Crippen MR) is 78.4 cm³/mol. The van der Waals surface area contributed by atoms with Gasteiger partial charge in [-0.3, -0.25) is 4.90 Å². The molecule has 3 atom stereocenters. The minimum Gasteiger partial charge on any atom is -0.491 e. The molecule has 2 amide bonds. The number of carbonyl (C=O) groups excluding carboxylic acids is 1. The number of amides is 2. The van der Waals surface area contributed by atoms with Gasteiger partial charge in [0.15, 0.2) is 0 Å². The maximum atomic E-state index is 12.4. The molecule has 6 nitrogen and oxygen atoms in total. The van der Waals surface area contributed by atoms with E-state index in [2.05, 4.69) is 5.32 Å². The zero-order valence-corrected chi connectivity index (χ0v) is 12.3. The van der Waals surface area contributed by atoms with Gasteiger partial charge < -0.3 is 15.2 Å². The quantitative estimate of drug-likeness (QED) is 0.869. The molecule has 7 heteroatoms. The Kier molecular flexibility index (Phi) is 3.67. The van der Waals surface area contributed by atoms with Crippen LogP contribution < -0.4 is 10.1 Å². The molecule has 3 unspecified atom stereocenters. The number of thioether (sulfide) groups is 1. The summed E-state index contributed by atoms with van der Waals surface area (Å²) in [6, 6.07) is 6.16. The highest BCUT2D eigenvalue weighted by Gasteiger charge is 2.40. The molecule has 0 aliphatic carbocycles. The Morgan fingerprint density at radius 1 is 1.43 bits per heavy atom. The number of carboxylic acid groups (broad SMARTS) is 1. The Bertz CT molecular complexity index is 580. The first kappa shape index (κ1) is 14.1. The van der Waals surface area contributed by atoms with E-state index in [9.17, 15) is 14.7 Å². The van der Waals surface area contributed by atoms with Crippen LogP contribution in [0.2, 0.25) is 0 Å². The van der Waals surface area contributed by atoms with E-state index < -0.39 is 12.0 Å². The number of ether oxygens (including phenoxy) is 1. The lowest BCUT2D eigenvalue weighted by molar-refractivity contribution is -0.141. The number of hydrogen-bond acceptors (Lipinski definition) is 4. The van der Waals surface area contributed by atoms with E-state index in [-0.39, 0.29) is 17.4 Å². The predicted octanol–water partition coefficient (Wildman–Crippen LogP) is 1.68. The van der Waals surface area contributed by atoms with Gasteiger partial charge in [-0.1, -0.05) is 18.2 Å². The number of aliphatic carboxylic acids is 1. The van der Waals surface area contributed by atoms with Crippen LogP contribution in [0, 0.1) is 0 Å². The minimum atomic E-state index is -0.968. The van der Waals surface area contributed by atoms with Crippen LogP contribution in [-0.2, 0) is 4.79 Å². The average molecular weight is 308 g/mol. The van der Waals surface area contributed by atoms with Crippen LogP contribution in [0.4, 0.5) is 4.79 Å². The number of carboxylic acids is 1. The second-order valence-electron chi connectivity index (χ2n) is 5.04. The van der Waals surface area contributed by atoms with Crippen molar-refractivity contribution in [3.8, 4) is 5.75 Å². The number of urea groups is 1. The molecular formula is C14H16N2O4S. The first-order valence-electron chi connectivity index (χ1n) is 6.73. The fourth-order valence-electron chi connectivity index (χ4n) is 2.65. The van der Waals surface area contributed by atoms with Crippen molar-refractivity contribution in [1.82, 2.24) is 10.2 Å². The Labute approximate surface area is 126 Å². The van der Waals surface area contributed by atoms with Crippen molar-refractivity contribution in [3.05, 3.63) is 29.8 Å². The van der Waals surface area contributed by atoms with Gasteiger partial charge >= 0.3 is 12.0 Å². The molecule has 2 heterocycles. The molecule has 0 saturated carbocycles. The molecule has 1 saturated heterocycles. The van der Waals surface area contributed by atoms with E-state index in [4.69, 9.17) is 4.74 Å². The van der Waals surface area contributed by atoms with Crippen molar-refractivity contribution in [2.75, 3.05) is 12.4 Å². The highest BCUT2D eigenvalue weighted by Crippen LogP contribution is 2.33. The summed E-state index contributed by atoms with van der Waals surface area (Å²) < 4.78 is 5.52. The molecular weight excluding hydrogens is 292 g/mol. The van der Waals surface area contributed by atoms with Crippen LogP contribution in [0.15, 0.2) is 24.3 Å². The molecule has 2 aliphatic heterocycles. The highest BCUT2D eigenvalue weighted by atomic mass is 32.2. The Morgan fingerprint density at radius 3 is 2.95 bits per heavy atom. The smallest absolute Gasteiger partial charge is 0.327 e. The topological polar surface area (TPSA) is 78.9 Å². The Balaban J connectivity index is 1.74. The van der Waals surface area contributed by atoms with Crippen molar-refractivity contribution in [2.24, 2.45) is 0 Å². The lowest BCUT2D eigenvalue weighted by Crippen LogP contribution is -2.50. The maximum absolute atomic E-state index is 12.4. The summed E-state index contributed by atoms with van der Waals surface area (Å²) in [5, 5.41) is 11.9. The van der Waals surface area contributed by atoms with Crippen molar-refractivity contribution in [1.29, 1.82) is 0 Å². The van der Waals surface area contributed by atoms with Crippen LogP contribution >= 0.6 is 11.8 Å². The lowest BCUT2D eigenvalue weighted by atomic mass is 10.1. The van der Waals surface area contributed by atoms with Gasteiger partial charge in [0.05, 0.1) is 11.4 Å². The van der Waals surface area contributed by atoms with Crippen molar-refractivity contribution in [2.45, 2.75) is 24.4 Å². The molecule has 3 rings (SSSR count). The largest absolute Gasteiger partial charge is 0.491 e. The minimum absolute atomic E-state index is 0.149. The van der Waals surface area contributed by atoms with Crippen molar-refractivity contribution < 1.29 is 19.4 Å². The van der Waals surface area contributed by atoms with Gasteiger partial charge in [-0.15, -0.1) is 11.8 Å². The molecule has 0 radical (unpaired) electrons. The number of benzene rings is 1. The second-order valence-corrected chi connectivity index (χ2v) is 6.39. The number of hydrogen-bond donors (Lipinski definition) is 2. The highest BCUT2D eigenvalue weighted by molar-refractivity contribution is 8.00. The summed E-state index contributed by atoms with van der Waals surface area (Å²) in [4.78, 5) is 25.1. The van der Waals surface area contributed by atoms with Crippen molar-refractivity contribution in [3.63, 3.8) is 0 Å². The van der Waals surface area contributed by atoms with Crippen LogP contribution in [0.5, 0.6) is 5.75 Å².